The molecular weight excluding hydrogens is 192 g/mol. The van der Waals surface area contributed by atoms with Crippen LogP contribution in [0.3, 0.4) is 0 Å². The Bertz CT molecular complexity index is 321. The van der Waals surface area contributed by atoms with E-state index in [0.717, 1.165) is 12.1 Å². The standard InChI is InChI=1S/C10H18N4O/c1-3-8(11)9-5-12-7-14(9)6-10(15)13-4-2/h5,7-8H,3-4,6,11H2,1-2H3,(H,13,15)/t8-/m1/s1. The Morgan fingerprint density at radius 2 is 2.40 bits per heavy atom. The Kier molecular flexibility index (Phi) is 4.30. The summed E-state index contributed by atoms with van der Waals surface area (Å²) in [6.45, 7) is 4.83. The number of aromatic nitrogens is 2. The average molecular weight is 210 g/mol. The highest BCUT2D eigenvalue weighted by molar-refractivity contribution is 5.75. The topological polar surface area (TPSA) is 72.9 Å². The van der Waals surface area contributed by atoms with Crippen LogP contribution in [0.1, 0.15) is 32.0 Å². The van der Waals surface area contributed by atoms with Gasteiger partial charge >= 0.3 is 0 Å². The number of nitrogens with one attached hydrogen (secondary N) is 1. The number of nitrogens with zero attached hydrogens (tertiary/aromatic N) is 2. The van der Waals surface area contributed by atoms with Crippen molar-refractivity contribution in [3.63, 3.8) is 0 Å². The zero-order chi connectivity index (χ0) is 11.3. The van der Waals surface area contributed by atoms with Crippen molar-refractivity contribution in [1.29, 1.82) is 0 Å². The summed E-state index contributed by atoms with van der Waals surface area (Å²) < 4.78 is 1.79. The summed E-state index contributed by atoms with van der Waals surface area (Å²) in [7, 11) is 0. The quantitative estimate of drug-likeness (QED) is 0.740. The molecule has 1 rings (SSSR count). The van der Waals surface area contributed by atoms with Crippen LogP contribution in [0.15, 0.2) is 12.5 Å². The average Bonchev–Trinajstić information content (AvgIpc) is 2.65. The number of hydrogen-bond acceptors (Lipinski definition) is 3. The molecule has 0 aliphatic heterocycles. The van der Waals surface area contributed by atoms with Crippen molar-refractivity contribution in [2.75, 3.05) is 6.54 Å². The van der Waals surface area contributed by atoms with E-state index in [1.807, 2.05) is 13.8 Å². The minimum absolute atomic E-state index is 0.0138. The summed E-state index contributed by atoms with van der Waals surface area (Å²) in [6, 6.07) is -0.0538. The van der Waals surface area contributed by atoms with Crippen LogP contribution in [0.25, 0.3) is 0 Å². The van der Waals surface area contributed by atoms with Gasteiger partial charge in [0.25, 0.3) is 0 Å². The lowest BCUT2D eigenvalue weighted by atomic mass is 10.2. The number of likely N-dealkylation sites (N-methyl/N-ethyl adjacent to an activating group) is 1. The van der Waals surface area contributed by atoms with Gasteiger partial charge in [-0.2, -0.15) is 0 Å². The third kappa shape index (κ3) is 3.06. The van der Waals surface area contributed by atoms with E-state index in [4.69, 9.17) is 5.73 Å². The molecule has 0 fully saturated rings. The summed E-state index contributed by atoms with van der Waals surface area (Å²) in [4.78, 5) is 15.4. The molecule has 0 saturated carbocycles. The van der Waals surface area contributed by atoms with Crippen molar-refractivity contribution in [3.05, 3.63) is 18.2 Å². The van der Waals surface area contributed by atoms with Crippen molar-refractivity contribution in [1.82, 2.24) is 14.9 Å². The highest BCUT2D eigenvalue weighted by Gasteiger charge is 2.11. The number of carbonyl (C=O) groups is 1. The maximum Gasteiger partial charge on any atom is 0.239 e. The lowest BCUT2D eigenvalue weighted by molar-refractivity contribution is -0.121. The summed E-state index contributed by atoms with van der Waals surface area (Å²) in [5.41, 5.74) is 6.80. The van der Waals surface area contributed by atoms with Crippen molar-refractivity contribution in [2.45, 2.75) is 32.9 Å². The smallest absolute Gasteiger partial charge is 0.239 e. The fourth-order valence-corrected chi connectivity index (χ4v) is 1.39. The Balaban J connectivity index is 2.68. The molecule has 5 heteroatoms. The molecule has 0 aliphatic rings. The van der Waals surface area contributed by atoms with Crippen LogP contribution in [0.2, 0.25) is 0 Å². The van der Waals surface area contributed by atoms with Gasteiger partial charge in [0.05, 0.1) is 12.0 Å². The van der Waals surface area contributed by atoms with E-state index in [0.29, 0.717) is 6.54 Å². The monoisotopic (exact) mass is 210 g/mol. The predicted octanol–water partition coefficient (Wildman–Crippen LogP) is 0.429. The lowest BCUT2D eigenvalue weighted by Crippen LogP contribution is -2.28. The van der Waals surface area contributed by atoms with Gasteiger partial charge in [-0.15, -0.1) is 0 Å². The second-order valence-electron chi connectivity index (χ2n) is 3.41. The zero-order valence-corrected chi connectivity index (χ0v) is 9.23. The molecular formula is C10H18N4O. The molecule has 0 radical (unpaired) electrons. The largest absolute Gasteiger partial charge is 0.355 e. The van der Waals surface area contributed by atoms with Crippen LogP contribution in [-0.4, -0.2) is 22.0 Å². The van der Waals surface area contributed by atoms with Crippen LogP contribution in [0.5, 0.6) is 0 Å². The Hall–Kier alpha value is -1.36. The van der Waals surface area contributed by atoms with Crippen LogP contribution in [-0.2, 0) is 11.3 Å². The Morgan fingerprint density at radius 3 is 3.00 bits per heavy atom. The highest BCUT2D eigenvalue weighted by Crippen LogP contribution is 2.12. The zero-order valence-electron chi connectivity index (χ0n) is 9.23. The number of imidazole rings is 1. The maximum atomic E-state index is 11.4. The third-order valence-corrected chi connectivity index (χ3v) is 2.25. The number of hydrogen-bond donors (Lipinski definition) is 2. The van der Waals surface area contributed by atoms with Crippen molar-refractivity contribution >= 4 is 5.91 Å². The van der Waals surface area contributed by atoms with Gasteiger partial charge in [0.15, 0.2) is 0 Å². The lowest BCUT2D eigenvalue weighted by Gasteiger charge is -2.12. The summed E-state index contributed by atoms with van der Waals surface area (Å²) in [5, 5.41) is 2.74. The Morgan fingerprint density at radius 1 is 1.67 bits per heavy atom. The molecule has 0 unspecified atom stereocenters. The first-order valence-electron chi connectivity index (χ1n) is 5.21. The highest BCUT2D eigenvalue weighted by atomic mass is 16.1. The van der Waals surface area contributed by atoms with Gasteiger partial charge in [-0.1, -0.05) is 6.92 Å². The molecule has 3 N–H and O–H groups in total. The molecule has 0 aliphatic carbocycles. The predicted molar refractivity (Wildman–Crippen MR) is 58.1 cm³/mol. The normalized spacial score (nSPS) is 12.5. The van der Waals surface area contributed by atoms with Gasteiger partial charge in [0, 0.05) is 18.8 Å². The number of carbonyl (C=O) groups excluding carboxylic acids is 1. The van der Waals surface area contributed by atoms with E-state index in [1.54, 1.807) is 17.1 Å². The maximum absolute atomic E-state index is 11.4. The van der Waals surface area contributed by atoms with E-state index >= 15 is 0 Å². The van der Waals surface area contributed by atoms with E-state index in [1.165, 1.54) is 0 Å². The molecule has 0 aromatic carbocycles. The van der Waals surface area contributed by atoms with Gasteiger partial charge in [0.2, 0.25) is 5.91 Å². The van der Waals surface area contributed by atoms with Gasteiger partial charge in [0.1, 0.15) is 6.54 Å². The van der Waals surface area contributed by atoms with Gasteiger partial charge in [-0.3, -0.25) is 4.79 Å². The van der Waals surface area contributed by atoms with E-state index in [2.05, 4.69) is 10.3 Å². The molecule has 0 spiro atoms. The first-order chi connectivity index (χ1) is 7.19. The van der Waals surface area contributed by atoms with Crippen molar-refractivity contribution in [3.8, 4) is 0 Å². The first-order valence-corrected chi connectivity index (χ1v) is 5.21. The fraction of sp³-hybridized carbons (Fsp3) is 0.600. The molecule has 1 aromatic heterocycles. The Labute approximate surface area is 89.7 Å². The number of amides is 1. The first kappa shape index (κ1) is 11.7. The van der Waals surface area contributed by atoms with Crippen molar-refractivity contribution < 1.29 is 4.79 Å². The molecule has 1 atom stereocenters. The van der Waals surface area contributed by atoms with Crippen LogP contribution < -0.4 is 11.1 Å². The number of rotatable bonds is 5. The van der Waals surface area contributed by atoms with Crippen LogP contribution in [0, 0.1) is 0 Å². The molecule has 1 heterocycles. The van der Waals surface area contributed by atoms with Crippen LogP contribution in [0.4, 0.5) is 0 Å². The second kappa shape index (κ2) is 5.50. The summed E-state index contributed by atoms with van der Waals surface area (Å²) in [5.74, 6) is -0.0138. The van der Waals surface area contributed by atoms with E-state index < -0.39 is 0 Å². The summed E-state index contributed by atoms with van der Waals surface area (Å²) in [6.07, 6.45) is 4.19. The minimum Gasteiger partial charge on any atom is -0.355 e. The SMILES string of the molecule is CCNC(=O)Cn1cncc1[C@H](N)CC. The molecule has 15 heavy (non-hydrogen) atoms. The van der Waals surface area contributed by atoms with Gasteiger partial charge in [-0.05, 0) is 13.3 Å². The number of nitrogens with two attached hydrogens (primary N) is 1. The second-order valence-corrected chi connectivity index (χ2v) is 3.41. The third-order valence-electron chi connectivity index (χ3n) is 2.25. The summed E-state index contributed by atoms with van der Waals surface area (Å²) >= 11 is 0. The molecule has 84 valence electrons. The fourth-order valence-electron chi connectivity index (χ4n) is 1.39. The van der Waals surface area contributed by atoms with E-state index in [-0.39, 0.29) is 18.5 Å². The van der Waals surface area contributed by atoms with Crippen LogP contribution >= 0.6 is 0 Å². The molecule has 0 saturated heterocycles. The molecule has 0 bridgehead atoms. The molecule has 1 amide bonds. The minimum atomic E-state index is -0.0538. The van der Waals surface area contributed by atoms with Gasteiger partial charge < -0.3 is 15.6 Å². The molecule has 1 aromatic rings. The van der Waals surface area contributed by atoms with Gasteiger partial charge in [-0.25, -0.2) is 4.98 Å². The van der Waals surface area contributed by atoms with E-state index in [9.17, 15) is 4.79 Å². The molecule has 5 nitrogen and oxygen atoms in total. The van der Waals surface area contributed by atoms with Crippen molar-refractivity contribution in [2.24, 2.45) is 5.73 Å².